The molecule has 5 heteroatoms. The van der Waals surface area contributed by atoms with Gasteiger partial charge in [0, 0.05) is 0 Å². The first-order chi connectivity index (χ1) is 6.95. The van der Waals surface area contributed by atoms with Gasteiger partial charge in [-0.15, -0.1) is 0 Å². The third kappa shape index (κ3) is 5.16. The van der Waals surface area contributed by atoms with E-state index in [1.807, 2.05) is 6.92 Å². The Hall–Kier alpha value is -0.580. The second-order valence-corrected chi connectivity index (χ2v) is 5.97. The number of hydrogen-bond donors (Lipinski definition) is 1. The van der Waals surface area contributed by atoms with Crippen LogP contribution in [0.15, 0.2) is 0 Å². The van der Waals surface area contributed by atoms with Crippen LogP contribution in [-0.4, -0.2) is 30.5 Å². The highest BCUT2D eigenvalue weighted by Gasteiger charge is 2.29. The molecular weight excluding hydrogens is 216 g/mol. The number of hydrogen-bond acceptors (Lipinski definition) is 3. The number of unbranched alkanes of at least 4 members (excludes halogenated alkanes) is 3. The Morgan fingerprint density at radius 2 is 1.80 bits per heavy atom. The zero-order chi connectivity index (χ0) is 11.9. The standard InChI is InChI=1S/C10H20O4S/c1-3-5-6-7-8-15(13,14)9(4-2)10(11)12/h9H,3-8H2,1-2H3,(H,11,12). The lowest BCUT2D eigenvalue weighted by Crippen LogP contribution is -2.31. The van der Waals surface area contributed by atoms with Gasteiger partial charge in [0.2, 0.25) is 0 Å². The second-order valence-electron chi connectivity index (χ2n) is 3.66. The summed E-state index contributed by atoms with van der Waals surface area (Å²) in [7, 11) is -3.45. The Balaban J connectivity index is 4.21. The maximum absolute atomic E-state index is 11.6. The quantitative estimate of drug-likeness (QED) is 0.653. The summed E-state index contributed by atoms with van der Waals surface area (Å²) in [5, 5.41) is 7.51. The minimum Gasteiger partial charge on any atom is -0.480 e. The lowest BCUT2D eigenvalue weighted by atomic mass is 10.2. The molecule has 0 spiro atoms. The number of rotatable bonds is 8. The number of carbonyl (C=O) groups is 1. The van der Waals surface area contributed by atoms with Gasteiger partial charge in [-0.2, -0.15) is 0 Å². The number of aliphatic carboxylic acids is 1. The van der Waals surface area contributed by atoms with Crippen LogP contribution in [0.1, 0.15) is 46.0 Å². The molecule has 0 aliphatic carbocycles. The molecule has 0 aliphatic rings. The molecule has 0 bridgehead atoms. The summed E-state index contributed by atoms with van der Waals surface area (Å²) in [4.78, 5) is 10.7. The Bertz CT molecular complexity index is 282. The molecule has 90 valence electrons. The van der Waals surface area contributed by atoms with Crippen LogP contribution >= 0.6 is 0 Å². The molecule has 0 heterocycles. The highest BCUT2D eigenvalue weighted by Crippen LogP contribution is 2.11. The number of carboxylic acids is 1. The largest absolute Gasteiger partial charge is 0.480 e. The molecule has 0 aliphatic heterocycles. The van der Waals surface area contributed by atoms with Crippen molar-refractivity contribution in [3.05, 3.63) is 0 Å². The number of carboxylic acid groups (broad SMARTS) is 1. The Labute approximate surface area is 91.6 Å². The first-order valence-corrected chi connectivity index (χ1v) is 7.11. The summed E-state index contributed by atoms with van der Waals surface area (Å²) >= 11 is 0. The first-order valence-electron chi connectivity index (χ1n) is 5.40. The molecule has 0 amide bonds. The van der Waals surface area contributed by atoms with Gasteiger partial charge < -0.3 is 5.11 Å². The van der Waals surface area contributed by atoms with Crippen molar-refractivity contribution in [3.8, 4) is 0 Å². The molecule has 0 aromatic carbocycles. The van der Waals surface area contributed by atoms with Crippen molar-refractivity contribution in [3.63, 3.8) is 0 Å². The van der Waals surface area contributed by atoms with E-state index in [9.17, 15) is 13.2 Å². The van der Waals surface area contributed by atoms with Gasteiger partial charge in [-0.3, -0.25) is 4.79 Å². The van der Waals surface area contributed by atoms with E-state index in [4.69, 9.17) is 5.11 Å². The van der Waals surface area contributed by atoms with Crippen molar-refractivity contribution in [2.75, 3.05) is 5.75 Å². The minimum absolute atomic E-state index is 0.00218. The predicted molar refractivity (Wildman–Crippen MR) is 59.6 cm³/mol. The zero-order valence-electron chi connectivity index (χ0n) is 9.40. The van der Waals surface area contributed by atoms with Gasteiger partial charge in [-0.25, -0.2) is 8.42 Å². The van der Waals surface area contributed by atoms with Crippen molar-refractivity contribution in [2.45, 2.75) is 51.2 Å². The molecule has 1 atom stereocenters. The van der Waals surface area contributed by atoms with Crippen molar-refractivity contribution in [1.29, 1.82) is 0 Å². The molecule has 4 nitrogen and oxygen atoms in total. The highest BCUT2D eigenvalue weighted by atomic mass is 32.2. The van der Waals surface area contributed by atoms with Crippen LogP contribution in [0.3, 0.4) is 0 Å². The maximum Gasteiger partial charge on any atom is 0.321 e. The van der Waals surface area contributed by atoms with E-state index < -0.39 is 21.1 Å². The molecule has 1 unspecified atom stereocenters. The lowest BCUT2D eigenvalue weighted by Gasteiger charge is -2.10. The number of sulfone groups is 1. The molecular formula is C10H20O4S. The zero-order valence-corrected chi connectivity index (χ0v) is 10.2. The fourth-order valence-corrected chi connectivity index (χ4v) is 3.16. The summed E-state index contributed by atoms with van der Waals surface area (Å²) in [6.07, 6.45) is 3.60. The van der Waals surface area contributed by atoms with Gasteiger partial charge >= 0.3 is 5.97 Å². The second kappa shape index (κ2) is 6.82. The molecule has 0 saturated carbocycles. The fraction of sp³-hybridized carbons (Fsp3) is 0.900. The van der Waals surface area contributed by atoms with E-state index in [-0.39, 0.29) is 12.2 Å². The van der Waals surface area contributed by atoms with E-state index in [0.29, 0.717) is 6.42 Å². The first kappa shape index (κ1) is 14.4. The molecule has 0 fully saturated rings. The maximum atomic E-state index is 11.6. The minimum atomic E-state index is -3.45. The van der Waals surface area contributed by atoms with Crippen molar-refractivity contribution < 1.29 is 18.3 Å². The van der Waals surface area contributed by atoms with E-state index in [1.165, 1.54) is 0 Å². The SMILES string of the molecule is CCCCCCS(=O)(=O)C(CC)C(=O)O. The normalized spacial score (nSPS) is 13.7. The van der Waals surface area contributed by atoms with E-state index >= 15 is 0 Å². The van der Waals surface area contributed by atoms with Crippen LogP contribution in [0.4, 0.5) is 0 Å². The summed E-state index contributed by atoms with van der Waals surface area (Å²) in [5.74, 6) is -1.23. The average Bonchev–Trinajstić information content (AvgIpc) is 2.12. The molecule has 1 N–H and O–H groups in total. The topological polar surface area (TPSA) is 71.4 Å². The van der Waals surface area contributed by atoms with Crippen LogP contribution in [-0.2, 0) is 14.6 Å². The van der Waals surface area contributed by atoms with E-state index in [2.05, 4.69) is 0 Å². The molecule has 0 rings (SSSR count). The van der Waals surface area contributed by atoms with Crippen LogP contribution in [0.5, 0.6) is 0 Å². The van der Waals surface area contributed by atoms with Gasteiger partial charge in [-0.1, -0.05) is 33.1 Å². The molecule has 0 saturated heterocycles. The smallest absolute Gasteiger partial charge is 0.321 e. The summed E-state index contributed by atoms with van der Waals surface area (Å²) in [6.45, 7) is 3.63. The van der Waals surface area contributed by atoms with Gasteiger partial charge in [-0.05, 0) is 12.8 Å². The van der Waals surface area contributed by atoms with E-state index in [0.717, 1.165) is 19.3 Å². The van der Waals surface area contributed by atoms with Crippen LogP contribution < -0.4 is 0 Å². The van der Waals surface area contributed by atoms with Crippen molar-refractivity contribution in [2.24, 2.45) is 0 Å². The monoisotopic (exact) mass is 236 g/mol. The lowest BCUT2D eigenvalue weighted by molar-refractivity contribution is -0.136. The molecule has 0 radical (unpaired) electrons. The van der Waals surface area contributed by atoms with Gasteiger partial charge in [0.05, 0.1) is 5.75 Å². The molecule has 0 aromatic heterocycles. The van der Waals surface area contributed by atoms with Gasteiger partial charge in [0.25, 0.3) is 0 Å². The Morgan fingerprint density at radius 1 is 1.20 bits per heavy atom. The third-order valence-corrected chi connectivity index (χ3v) is 4.62. The predicted octanol–water partition coefficient (Wildman–Crippen LogP) is 1.84. The summed E-state index contributed by atoms with van der Waals surface area (Å²) < 4.78 is 23.2. The average molecular weight is 236 g/mol. The fourth-order valence-electron chi connectivity index (χ4n) is 1.45. The third-order valence-electron chi connectivity index (χ3n) is 2.36. The van der Waals surface area contributed by atoms with Crippen molar-refractivity contribution >= 4 is 15.8 Å². The Morgan fingerprint density at radius 3 is 2.20 bits per heavy atom. The van der Waals surface area contributed by atoms with Crippen molar-refractivity contribution in [1.82, 2.24) is 0 Å². The highest BCUT2D eigenvalue weighted by molar-refractivity contribution is 7.92. The van der Waals surface area contributed by atoms with Crippen LogP contribution in [0.25, 0.3) is 0 Å². The van der Waals surface area contributed by atoms with Crippen LogP contribution in [0.2, 0.25) is 0 Å². The Kier molecular flexibility index (Phi) is 6.56. The molecule has 15 heavy (non-hydrogen) atoms. The van der Waals surface area contributed by atoms with Gasteiger partial charge in [0.1, 0.15) is 0 Å². The van der Waals surface area contributed by atoms with Crippen LogP contribution in [0, 0.1) is 0 Å². The van der Waals surface area contributed by atoms with Gasteiger partial charge in [0.15, 0.2) is 15.1 Å². The molecule has 0 aromatic rings. The van der Waals surface area contributed by atoms with E-state index in [1.54, 1.807) is 6.92 Å². The summed E-state index contributed by atoms with van der Waals surface area (Å²) in [6, 6.07) is 0. The summed E-state index contributed by atoms with van der Waals surface area (Å²) in [5.41, 5.74) is 0.